The number of carbonyl (C=O) groups is 1. The number of rotatable bonds is 8. The van der Waals surface area contributed by atoms with Crippen LogP contribution >= 0.6 is 11.8 Å². The first-order chi connectivity index (χ1) is 9.06. The first-order valence-corrected chi connectivity index (χ1v) is 7.17. The molecule has 19 heavy (non-hydrogen) atoms. The molecule has 0 aliphatic heterocycles. The molecule has 0 radical (unpaired) electrons. The van der Waals surface area contributed by atoms with Gasteiger partial charge in [-0.1, -0.05) is 18.7 Å². The number of thioether (sulfide) groups is 1. The maximum atomic E-state index is 10.7. The maximum absolute atomic E-state index is 10.7. The van der Waals surface area contributed by atoms with Gasteiger partial charge in [-0.15, -0.1) is 0 Å². The lowest BCUT2D eigenvalue weighted by Crippen LogP contribution is -2.34. The molecule has 0 aliphatic carbocycles. The molecule has 0 fully saturated rings. The van der Waals surface area contributed by atoms with Gasteiger partial charge >= 0.3 is 0 Å². The quantitative estimate of drug-likeness (QED) is 0.401. The van der Waals surface area contributed by atoms with E-state index in [1.165, 1.54) is 11.8 Å². The molecule has 1 amide bonds. The molecule has 0 saturated heterocycles. The highest BCUT2D eigenvalue weighted by Gasteiger charge is 2.11. The van der Waals surface area contributed by atoms with Crippen LogP contribution < -0.4 is 16.4 Å². The van der Waals surface area contributed by atoms with Crippen LogP contribution in [0.15, 0.2) is 11.2 Å². The van der Waals surface area contributed by atoms with Gasteiger partial charge in [-0.2, -0.15) is 0 Å². The molecule has 1 unspecified atom stereocenters. The lowest BCUT2D eigenvalue weighted by Gasteiger charge is -2.11. The van der Waals surface area contributed by atoms with Crippen molar-refractivity contribution in [2.45, 2.75) is 24.6 Å². The Bertz CT molecular complexity index is 430. The van der Waals surface area contributed by atoms with Crippen molar-refractivity contribution in [1.29, 1.82) is 0 Å². The first-order valence-electron chi connectivity index (χ1n) is 5.95. The van der Waals surface area contributed by atoms with Crippen molar-refractivity contribution in [2.24, 2.45) is 5.73 Å². The topological polar surface area (TPSA) is 113 Å². The molecular formula is C11H19N5O2S. The fourth-order valence-corrected chi connectivity index (χ4v) is 1.63. The monoisotopic (exact) mass is 285 g/mol. The smallest absolute Gasteiger partial charge is 0.248 e. The number of nitrogens with one attached hydrogen (secondary N) is 2. The van der Waals surface area contributed by atoms with E-state index in [9.17, 15) is 9.90 Å². The largest absolute Gasteiger partial charge is 0.381 e. The van der Waals surface area contributed by atoms with Gasteiger partial charge in [0.1, 0.15) is 17.7 Å². The van der Waals surface area contributed by atoms with E-state index >= 15 is 0 Å². The van der Waals surface area contributed by atoms with E-state index in [1.807, 2.05) is 6.26 Å². The highest BCUT2D eigenvalue weighted by Crippen LogP contribution is 2.17. The SMILES string of the molecule is CCCNc1cc(NCC(O)C(N)=O)nc(SC)n1. The van der Waals surface area contributed by atoms with Crippen LogP contribution in [0, 0.1) is 0 Å². The number of anilines is 2. The summed E-state index contributed by atoms with van der Waals surface area (Å²) in [6.45, 7) is 2.90. The van der Waals surface area contributed by atoms with Gasteiger partial charge in [0, 0.05) is 12.6 Å². The number of hydrogen-bond donors (Lipinski definition) is 4. The van der Waals surface area contributed by atoms with Crippen LogP contribution in [-0.4, -0.2) is 46.4 Å². The van der Waals surface area contributed by atoms with Gasteiger partial charge in [0.15, 0.2) is 5.16 Å². The molecule has 8 heteroatoms. The van der Waals surface area contributed by atoms with Crippen molar-refractivity contribution in [2.75, 3.05) is 30.0 Å². The number of primary amides is 1. The second kappa shape index (κ2) is 7.80. The minimum atomic E-state index is -1.24. The van der Waals surface area contributed by atoms with E-state index in [1.54, 1.807) is 6.07 Å². The number of nitrogens with zero attached hydrogens (tertiary/aromatic N) is 2. The van der Waals surface area contributed by atoms with Crippen molar-refractivity contribution < 1.29 is 9.90 Å². The Morgan fingerprint density at radius 3 is 2.63 bits per heavy atom. The van der Waals surface area contributed by atoms with Gasteiger partial charge in [0.05, 0.1) is 6.54 Å². The zero-order valence-corrected chi connectivity index (χ0v) is 11.8. The third-order valence-electron chi connectivity index (χ3n) is 2.25. The summed E-state index contributed by atoms with van der Waals surface area (Å²) in [5.74, 6) is 0.478. The van der Waals surface area contributed by atoms with Crippen LogP contribution in [0.2, 0.25) is 0 Å². The number of aliphatic hydroxyl groups is 1. The van der Waals surface area contributed by atoms with Crippen molar-refractivity contribution >= 4 is 29.3 Å². The van der Waals surface area contributed by atoms with Crippen molar-refractivity contribution in [3.63, 3.8) is 0 Å². The maximum Gasteiger partial charge on any atom is 0.248 e. The standard InChI is InChI=1S/C11H19N5O2S/c1-3-4-13-8-5-9(16-11(15-8)19-2)14-6-7(17)10(12)18/h5,7,17H,3-4,6H2,1-2H3,(H2,12,18)(H2,13,14,15,16). The number of carbonyl (C=O) groups excluding carboxylic acids is 1. The Morgan fingerprint density at radius 1 is 1.47 bits per heavy atom. The Morgan fingerprint density at radius 2 is 2.11 bits per heavy atom. The summed E-state index contributed by atoms with van der Waals surface area (Å²) in [5.41, 5.74) is 4.97. The lowest BCUT2D eigenvalue weighted by molar-refractivity contribution is -0.125. The van der Waals surface area contributed by atoms with Gasteiger partial charge < -0.3 is 21.5 Å². The van der Waals surface area contributed by atoms with Crippen LogP contribution in [0.1, 0.15) is 13.3 Å². The Balaban J connectivity index is 2.73. The second-order valence-electron chi connectivity index (χ2n) is 3.85. The summed E-state index contributed by atoms with van der Waals surface area (Å²) in [5, 5.41) is 16.0. The second-order valence-corrected chi connectivity index (χ2v) is 4.62. The van der Waals surface area contributed by atoms with E-state index in [4.69, 9.17) is 5.73 Å². The average Bonchev–Trinajstić information content (AvgIpc) is 2.42. The fraction of sp³-hybridized carbons (Fsp3) is 0.545. The van der Waals surface area contributed by atoms with Gasteiger partial charge in [0.2, 0.25) is 5.91 Å². The van der Waals surface area contributed by atoms with E-state index in [-0.39, 0.29) is 6.54 Å². The van der Waals surface area contributed by atoms with Crippen LogP contribution in [0.5, 0.6) is 0 Å². The molecule has 1 heterocycles. The molecule has 106 valence electrons. The minimum absolute atomic E-state index is 0.0212. The predicted molar refractivity (Wildman–Crippen MR) is 76.3 cm³/mol. The molecule has 7 nitrogen and oxygen atoms in total. The summed E-state index contributed by atoms with van der Waals surface area (Å²) in [7, 11) is 0. The van der Waals surface area contributed by atoms with Gasteiger partial charge in [-0.05, 0) is 12.7 Å². The predicted octanol–water partition coefficient (Wildman–Crippen LogP) is 0.278. The molecule has 0 saturated carbocycles. The van der Waals surface area contributed by atoms with Crippen molar-refractivity contribution in [3.05, 3.63) is 6.07 Å². The molecule has 1 rings (SSSR count). The van der Waals surface area contributed by atoms with Crippen LogP contribution in [0.3, 0.4) is 0 Å². The normalized spacial score (nSPS) is 11.9. The summed E-state index contributed by atoms with van der Waals surface area (Å²) < 4.78 is 0. The fourth-order valence-electron chi connectivity index (χ4n) is 1.25. The van der Waals surface area contributed by atoms with E-state index in [2.05, 4.69) is 27.5 Å². The Labute approximate surface area is 116 Å². The third-order valence-corrected chi connectivity index (χ3v) is 2.80. The van der Waals surface area contributed by atoms with Crippen molar-refractivity contribution in [1.82, 2.24) is 9.97 Å². The first kappa shape index (κ1) is 15.5. The number of amides is 1. The highest BCUT2D eigenvalue weighted by molar-refractivity contribution is 7.98. The Hall–Kier alpha value is -1.54. The van der Waals surface area contributed by atoms with Crippen LogP contribution in [-0.2, 0) is 4.79 Å². The van der Waals surface area contributed by atoms with Gasteiger partial charge in [-0.3, -0.25) is 4.79 Å². The Kier molecular flexibility index (Phi) is 6.37. The van der Waals surface area contributed by atoms with Crippen LogP contribution in [0.4, 0.5) is 11.6 Å². The molecule has 0 aromatic carbocycles. The molecule has 1 atom stereocenters. The molecule has 0 spiro atoms. The number of nitrogens with two attached hydrogens (primary N) is 1. The summed E-state index contributed by atoms with van der Waals surface area (Å²) in [6, 6.07) is 1.73. The number of aliphatic hydroxyl groups excluding tert-OH is 1. The van der Waals surface area contributed by atoms with E-state index in [0.717, 1.165) is 13.0 Å². The zero-order valence-electron chi connectivity index (χ0n) is 11.0. The number of aromatic nitrogens is 2. The zero-order chi connectivity index (χ0) is 14.3. The molecule has 1 aromatic heterocycles. The molecular weight excluding hydrogens is 266 g/mol. The molecule has 0 bridgehead atoms. The minimum Gasteiger partial charge on any atom is -0.381 e. The van der Waals surface area contributed by atoms with Gasteiger partial charge in [0.25, 0.3) is 0 Å². The number of hydrogen-bond acceptors (Lipinski definition) is 7. The summed E-state index contributed by atoms with van der Waals surface area (Å²) in [4.78, 5) is 19.3. The molecule has 1 aromatic rings. The summed E-state index contributed by atoms with van der Waals surface area (Å²) in [6.07, 6.45) is 1.63. The van der Waals surface area contributed by atoms with Crippen LogP contribution in [0.25, 0.3) is 0 Å². The average molecular weight is 285 g/mol. The third kappa shape index (κ3) is 5.31. The van der Waals surface area contributed by atoms with Gasteiger partial charge in [-0.25, -0.2) is 9.97 Å². The van der Waals surface area contributed by atoms with E-state index < -0.39 is 12.0 Å². The molecule has 5 N–H and O–H groups in total. The van der Waals surface area contributed by atoms with E-state index in [0.29, 0.717) is 16.8 Å². The molecule has 0 aliphatic rings. The lowest BCUT2D eigenvalue weighted by atomic mass is 10.3. The summed E-state index contributed by atoms with van der Waals surface area (Å²) >= 11 is 1.41. The van der Waals surface area contributed by atoms with Crippen molar-refractivity contribution in [3.8, 4) is 0 Å². The highest BCUT2D eigenvalue weighted by atomic mass is 32.2.